The monoisotopic (exact) mass is 171 g/mol. The van der Waals surface area contributed by atoms with Crippen molar-refractivity contribution in [3.05, 3.63) is 6.42 Å². The molecule has 1 rings (SSSR count). The van der Waals surface area contributed by atoms with Crippen LogP contribution >= 0.6 is 11.8 Å². The Morgan fingerprint density at radius 3 is 2.64 bits per heavy atom. The van der Waals surface area contributed by atoms with Gasteiger partial charge in [0, 0.05) is 5.25 Å². The molecule has 0 aliphatic heterocycles. The van der Waals surface area contributed by atoms with Gasteiger partial charge in [-0.25, -0.2) is 0 Å². The summed E-state index contributed by atoms with van der Waals surface area (Å²) in [6.45, 7) is 2.22. The molecular weight excluding hydrogens is 152 g/mol. The van der Waals surface area contributed by atoms with Gasteiger partial charge < -0.3 is 0 Å². The summed E-state index contributed by atoms with van der Waals surface area (Å²) in [5.74, 6) is 1.28. The van der Waals surface area contributed by atoms with Crippen LogP contribution in [0.3, 0.4) is 0 Å². The summed E-state index contributed by atoms with van der Waals surface area (Å²) in [6, 6.07) is 0. The molecule has 1 radical (unpaired) electrons. The van der Waals surface area contributed by atoms with Crippen molar-refractivity contribution < 1.29 is 0 Å². The Balaban J connectivity index is 1.96. The highest BCUT2D eigenvalue weighted by molar-refractivity contribution is 8.00. The number of hydrogen-bond donors (Lipinski definition) is 0. The summed E-state index contributed by atoms with van der Waals surface area (Å²) in [7, 11) is 0. The van der Waals surface area contributed by atoms with Crippen molar-refractivity contribution >= 4 is 11.8 Å². The van der Waals surface area contributed by atoms with Gasteiger partial charge in [0.2, 0.25) is 0 Å². The summed E-state index contributed by atoms with van der Waals surface area (Å²) in [4.78, 5) is 0. The quantitative estimate of drug-likeness (QED) is 0.582. The van der Waals surface area contributed by atoms with Crippen LogP contribution in [0, 0.1) is 6.42 Å². The average molecular weight is 171 g/mol. The van der Waals surface area contributed by atoms with E-state index in [2.05, 4.69) is 25.1 Å². The van der Waals surface area contributed by atoms with Crippen molar-refractivity contribution in [2.75, 3.05) is 5.75 Å². The second kappa shape index (κ2) is 5.93. The van der Waals surface area contributed by atoms with Gasteiger partial charge in [0.1, 0.15) is 0 Å². The zero-order chi connectivity index (χ0) is 7.94. The smallest absolute Gasteiger partial charge is 0.00471 e. The van der Waals surface area contributed by atoms with Crippen LogP contribution in [-0.2, 0) is 0 Å². The Morgan fingerprint density at radius 2 is 2.00 bits per heavy atom. The lowest BCUT2D eigenvalue weighted by atomic mass is 10.0. The van der Waals surface area contributed by atoms with Crippen molar-refractivity contribution in [3.8, 4) is 0 Å². The maximum Gasteiger partial charge on any atom is 0.00471 e. The van der Waals surface area contributed by atoms with E-state index in [1.54, 1.807) is 0 Å². The molecule has 0 heterocycles. The average Bonchev–Trinajstić information content (AvgIpc) is 2.07. The maximum absolute atomic E-state index is 2.39. The van der Waals surface area contributed by atoms with E-state index in [0.29, 0.717) is 0 Å². The molecule has 1 aliphatic carbocycles. The number of thioether (sulfide) groups is 1. The Hall–Kier alpha value is 0.350. The van der Waals surface area contributed by atoms with Gasteiger partial charge in [-0.2, -0.15) is 11.8 Å². The van der Waals surface area contributed by atoms with Crippen LogP contribution in [0.15, 0.2) is 0 Å². The lowest BCUT2D eigenvalue weighted by Gasteiger charge is -2.20. The van der Waals surface area contributed by atoms with Gasteiger partial charge in [-0.05, 0) is 25.0 Å². The van der Waals surface area contributed by atoms with E-state index in [9.17, 15) is 0 Å². The molecule has 1 fully saturated rings. The van der Waals surface area contributed by atoms with Crippen LogP contribution in [0.2, 0.25) is 0 Å². The Kier molecular flexibility index (Phi) is 5.09. The molecule has 0 saturated heterocycles. The molecule has 0 bridgehead atoms. The first-order valence-electron chi connectivity index (χ1n) is 4.86. The highest BCUT2D eigenvalue weighted by Crippen LogP contribution is 2.28. The maximum atomic E-state index is 2.39. The van der Waals surface area contributed by atoms with E-state index in [-0.39, 0.29) is 0 Å². The summed E-state index contributed by atoms with van der Waals surface area (Å²) in [6.07, 6.45) is 11.0. The molecule has 0 amide bonds. The van der Waals surface area contributed by atoms with Gasteiger partial charge >= 0.3 is 0 Å². The fourth-order valence-electron chi connectivity index (χ4n) is 1.55. The van der Waals surface area contributed by atoms with Crippen LogP contribution in [0.5, 0.6) is 0 Å². The second-order valence-electron chi connectivity index (χ2n) is 3.29. The molecule has 0 aromatic rings. The molecule has 1 heteroatoms. The molecule has 11 heavy (non-hydrogen) atoms. The van der Waals surface area contributed by atoms with Crippen molar-refractivity contribution in [3.63, 3.8) is 0 Å². The molecule has 0 aromatic carbocycles. The van der Waals surface area contributed by atoms with Crippen LogP contribution in [0.4, 0.5) is 0 Å². The van der Waals surface area contributed by atoms with E-state index in [0.717, 1.165) is 5.25 Å². The lowest BCUT2D eigenvalue weighted by molar-refractivity contribution is 0.516. The third-order valence-corrected chi connectivity index (χ3v) is 3.66. The van der Waals surface area contributed by atoms with Crippen LogP contribution in [0.1, 0.15) is 45.4 Å². The predicted molar refractivity (Wildman–Crippen MR) is 53.9 cm³/mol. The molecule has 0 unspecified atom stereocenters. The Bertz CT molecular complexity index is 84.9. The van der Waals surface area contributed by atoms with Crippen LogP contribution in [-0.4, -0.2) is 11.0 Å². The summed E-state index contributed by atoms with van der Waals surface area (Å²) in [5, 5.41) is 0.992. The van der Waals surface area contributed by atoms with Crippen molar-refractivity contribution in [2.45, 2.75) is 50.7 Å². The Labute approximate surface area is 75.1 Å². The van der Waals surface area contributed by atoms with Gasteiger partial charge in [-0.3, -0.25) is 0 Å². The minimum atomic E-state index is 0.992. The van der Waals surface area contributed by atoms with Crippen molar-refractivity contribution in [1.29, 1.82) is 0 Å². The first-order chi connectivity index (χ1) is 5.43. The standard InChI is InChI=1S/C10H19S/c1-2-3-9-11-10-7-5-4-6-8-10/h3,10H,2,4-9H2,1H3. The van der Waals surface area contributed by atoms with E-state index in [1.165, 1.54) is 44.3 Å². The van der Waals surface area contributed by atoms with Crippen LogP contribution < -0.4 is 0 Å². The topological polar surface area (TPSA) is 0 Å². The van der Waals surface area contributed by atoms with Gasteiger partial charge in [-0.1, -0.05) is 32.6 Å². The van der Waals surface area contributed by atoms with E-state index < -0.39 is 0 Å². The molecule has 0 spiro atoms. The van der Waals surface area contributed by atoms with E-state index in [4.69, 9.17) is 0 Å². The normalized spacial score (nSPS) is 20.5. The summed E-state index contributed by atoms with van der Waals surface area (Å²) < 4.78 is 0. The van der Waals surface area contributed by atoms with Crippen molar-refractivity contribution in [1.82, 2.24) is 0 Å². The summed E-state index contributed by atoms with van der Waals surface area (Å²) in [5.41, 5.74) is 0. The molecule has 1 saturated carbocycles. The van der Waals surface area contributed by atoms with Crippen molar-refractivity contribution in [2.24, 2.45) is 0 Å². The zero-order valence-electron chi connectivity index (χ0n) is 7.51. The molecule has 0 atom stereocenters. The molecule has 0 aromatic heterocycles. The lowest BCUT2D eigenvalue weighted by Crippen LogP contribution is -2.08. The minimum absolute atomic E-state index is 0.992. The fraction of sp³-hybridized carbons (Fsp3) is 0.900. The molecular formula is C10H19S. The third kappa shape index (κ3) is 4.05. The minimum Gasteiger partial charge on any atom is -0.158 e. The number of rotatable bonds is 4. The number of unbranched alkanes of at least 4 members (excludes halogenated alkanes) is 1. The molecule has 0 N–H and O–H groups in total. The number of hydrogen-bond acceptors (Lipinski definition) is 1. The van der Waals surface area contributed by atoms with Crippen LogP contribution in [0.25, 0.3) is 0 Å². The molecule has 0 nitrogen and oxygen atoms in total. The van der Waals surface area contributed by atoms with Gasteiger partial charge in [0.05, 0.1) is 0 Å². The predicted octanol–water partition coefficient (Wildman–Crippen LogP) is 3.67. The first-order valence-corrected chi connectivity index (χ1v) is 5.91. The second-order valence-corrected chi connectivity index (χ2v) is 4.62. The highest BCUT2D eigenvalue weighted by atomic mass is 32.2. The third-order valence-electron chi connectivity index (χ3n) is 2.29. The van der Waals surface area contributed by atoms with Gasteiger partial charge in [-0.15, -0.1) is 0 Å². The van der Waals surface area contributed by atoms with E-state index in [1.807, 2.05) is 0 Å². The zero-order valence-corrected chi connectivity index (χ0v) is 8.33. The largest absolute Gasteiger partial charge is 0.158 e. The molecule has 1 aliphatic rings. The highest BCUT2D eigenvalue weighted by Gasteiger charge is 2.12. The van der Waals surface area contributed by atoms with E-state index >= 15 is 0 Å². The SMILES string of the molecule is CC[CH]CSC1CCCCC1. The Morgan fingerprint density at radius 1 is 1.27 bits per heavy atom. The van der Waals surface area contributed by atoms with Gasteiger partial charge in [0.25, 0.3) is 0 Å². The van der Waals surface area contributed by atoms with Gasteiger partial charge in [0.15, 0.2) is 0 Å². The fourth-order valence-corrected chi connectivity index (χ4v) is 2.86. The first kappa shape index (κ1) is 9.44. The summed E-state index contributed by atoms with van der Waals surface area (Å²) >= 11 is 2.17. The molecule has 65 valence electrons.